The average molecular weight is 257 g/mol. The number of imidazole rings is 1. The average Bonchev–Trinajstić information content (AvgIpc) is 2.66. The first kappa shape index (κ1) is 13.2. The van der Waals surface area contributed by atoms with E-state index in [-0.39, 0.29) is 5.82 Å². The summed E-state index contributed by atoms with van der Waals surface area (Å²) < 4.78 is 15.0. The van der Waals surface area contributed by atoms with Gasteiger partial charge in [-0.15, -0.1) is 0 Å². The number of fused-ring (bicyclic) bond motifs is 1. The van der Waals surface area contributed by atoms with E-state index >= 15 is 0 Å². The van der Waals surface area contributed by atoms with Crippen LogP contribution in [0.5, 0.6) is 0 Å². The molecular formula is C15H16FN3. The maximum absolute atomic E-state index is 13.2. The zero-order valence-electron chi connectivity index (χ0n) is 11.3. The van der Waals surface area contributed by atoms with Crippen LogP contribution < -0.4 is 0 Å². The second-order valence-corrected chi connectivity index (χ2v) is 4.64. The first-order valence-corrected chi connectivity index (χ1v) is 5.97. The van der Waals surface area contributed by atoms with Gasteiger partial charge >= 0.3 is 0 Å². The van der Waals surface area contributed by atoms with Gasteiger partial charge in [0, 0.05) is 25.0 Å². The Hall–Kier alpha value is -2.23. The highest BCUT2D eigenvalue weighted by molar-refractivity contribution is 6.08. The third kappa shape index (κ3) is 2.78. The largest absolute Gasteiger partial charge is 0.327 e. The predicted octanol–water partition coefficient (Wildman–Crippen LogP) is 3.72. The van der Waals surface area contributed by atoms with Crippen LogP contribution >= 0.6 is 0 Å². The van der Waals surface area contributed by atoms with Crippen molar-refractivity contribution < 1.29 is 4.39 Å². The first-order valence-electron chi connectivity index (χ1n) is 5.97. The summed E-state index contributed by atoms with van der Waals surface area (Å²) in [5.74, 6) is 0.414. The van der Waals surface area contributed by atoms with E-state index in [9.17, 15) is 4.39 Å². The maximum atomic E-state index is 13.2. The second-order valence-electron chi connectivity index (χ2n) is 4.64. The molecule has 0 aliphatic heterocycles. The van der Waals surface area contributed by atoms with Crippen molar-refractivity contribution in [3.8, 4) is 0 Å². The monoisotopic (exact) mass is 257 g/mol. The number of halogens is 1. The van der Waals surface area contributed by atoms with Crippen LogP contribution in [0.4, 0.5) is 4.39 Å². The molecule has 0 spiro atoms. The van der Waals surface area contributed by atoms with Gasteiger partial charge in [-0.05, 0) is 32.0 Å². The fourth-order valence-electron chi connectivity index (χ4n) is 1.78. The number of nitrogens with zero attached hydrogens (tertiary/aromatic N) is 3. The molecule has 0 unspecified atom stereocenters. The van der Waals surface area contributed by atoms with Crippen molar-refractivity contribution in [3.63, 3.8) is 0 Å². The van der Waals surface area contributed by atoms with E-state index in [0.29, 0.717) is 11.4 Å². The lowest BCUT2D eigenvalue weighted by molar-refractivity contribution is 0.629. The molecule has 0 aliphatic carbocycles. The zero-order chi connectivity index (χ0) is 14.0. The van der Waals surface area contributed by atoms with Gasteiger partial charge in [-0.25, -0.2) is 9.37 Å². The second kappa shape index (κ2) is 5.18. The standard InChI is InChI=1S/C15H16FN3/c1-10(2)8-17-9-11(3)15-18-13-6-5-12(16)7-14(13)19(15)4/h5-9H,3H2,1-2,4H3. The summed E-state index contributed by atoms with van der Waals surface area (Å²) >= 11 is 0. The Morgan fingerprint density at radius 3 is 2.84 bits per heavy atom. The molecule has 0 radical (unpaired) electrons. The Balaban J connectivity index is 2.40. The van der Waals surface area contributed by atoms with E-state index in [2.05, 4.69) is 16.6 Å². The van der Waals surface area contributed by atoms with Gasteiger partial charge in [0.25, 0.3) is 0 Å². The third-order valence-corrected chi connectivity index (χ3v) is 2.69. The maximum Gasteiger partial charge on any atom is 0.141 e. The SMILES string of the molecule is C=C(C=NC=C(C)C)c1nc2ccc(F)cc2n1C. The first-order chi connectivity index (χ1) is 8.99. The highest BCUT2D eigenvalue weighted by atomic mass is 19.1. The van der Waals surface area contributed by atoms with Crippen LogP contribution in [0.2, 0.25) is 0 Å². The summed E-state index contributed by atoms with van der Waals surface area (Å²) in [6, 6.07) is 4.53. The van der Waals surface area contributed by atoms with E-state index in [4.69, 9.17) is 0 Å². The third-order valence-electron chi connectivity index (χ3n) is 2.69. The molecule has 0 saturated carbocycles. The molecule has 4 heteroatoms. The summed E-state index contributed by atoms with van der Waals surface area (Å²) in [6.45, 7) is 7.89. The lowest BCUT2D eigenvalue weighted by Crippen LogP contribution is -1.97. The number of rotatable bonds is 3. The highest BCUT2D eigenvalue weighted by Crippen LogP contribution is 2.19. The van der Waals surface area contributed by atoms with E-state index < -0.39 is 0 Å². The van der Waals surface area contributed by atoms with Gasteiger partial charge in [0.15, 0.2) is 0 Å². The molecule has 0 aliphatic rings. The number of allylic oxidation sites excluding steroid dienone is 2. The van der Waals surface area contributed by atoms with Gasteiger partial charge in [-0.3, -0.25) is 4.99 Å². The van der Waals surface area contributed by atoms with E-state index in [1.807, 2.05) is 25.5 Å². The number of hydrogen-bond donors (Lipinski definition) is 0. The van der Waals surface area contributed by atoms with Gasteiger partial charge in [-0.2, -0.15) is 0 Å². The van der Waals surface area contributed by atoms with Crippen molar-refractivity contribution in [2.75, 3.05) is 0 Å². The molecule has 1 aromatic heterocycles. The smallest absolute Gasteiger partial charge is 0.141 e. The van der Waals surface area contributed by atoms with Crippen molar-refractivity contribution >= 4 is 22.8 Å². The topological polar surface area (TPSA) is 30.2 Å². The quantitative estimate of drug-likeness (QED) is 0.771. The van der Waals surface area contributed by atoms with Crippen LogP contribution in [-0.2, 0) is 7.05 Å². The summed E-state index contributed by atoms with van der Waals surface area (Å²) in [7, 11) is 1.84. The van der Waals surface area contributed by atoms with Crippen LogP contribution in [0.1, 0.15) is 19.7 Å². The van der Waals surface area contributed by atoms with E-state index in [1.165, 1.54) is 12.1 Å². The fraction of sp³-hybridized carbons (Fsp3) is 0.200. The molecule has 19 heavy (non-hydrogen) atoms. The molecule has 1 aromatic carbocycles. The molecule has 0 saturated heterocycles. The Bertz CT molecular complexity index is 689. The Morgan fingerprint density at radius 1 is 1.42 bits per heavy atom. The van der Waals surface area contributed by atoms with Crippen molar-refractivity contribution in [2.24, 2.45) is 12.0 Å². The molecule has 0 atom stereocenters. The van der Waals surface area contributed by atoms with Crippen molar-refractivity contribution in [1.29, 1.82) is 0 Å². The van der Waals surface area contributed by atoms with E-state index in [1.54, 1.807) is 18.5 Å². The molecule has 1 heterocycles. The lowest BCUT2D eigenvalue weighted by Gasteiger charge is -2.00. The summed E-state index contributed by atoms with van der Waals surface area (Å²) in [4.78, 5) is 8.60. The fourth-order valence-corrected chi connectivity index (χ4v) is 1.78. The molecule has 0 N–H and O–H groups in total. The summed E-state index contributed by atoms with van der Waals surface area (Å²) in [5, 5.41) is 0. The van der Waals surface area contributed by atoms with Crippen LogP contribution in [0.15, 0.2) is 41.5 Å². The van der Waals surface area contributed by atoms with Gasteiger partial charge in [0.05, 0.1) is 11.0 Å². The Morgan fingerprint density at radius 2 is 2.16 bits per heavy atom. The van der Waals surface area contributed by atoms with E-state index in [0.717, 1.165) is 16.6 Å². The minimum Gasteiger partial charge on any atom is -0.327 e. The lowest BCUT2D eigenvalue weighted by atomic mass is 10.3. The number of hydrogen-bond acceptors (Lipinski definition) is 2. The van der Waals surface area contributed by atoms with Gasteiger partial charge < -0.3 is 4.57 Å². The molecule has 2 rings (SSSR count). The van der Waals surface area contributed by atoms with Crippen LogP contribution in [-0.4, -0.2) is 15.8 Å². The Kier molecular flexibility index (Phi) is 3.60. The number of aryl methyl sites for hydroxylation is 1. The number of aliphatic imine (C=N–C) groups is 1. The zero-order valence-corrected chi connectivity index (χ0v) is 11.3. The highest BCUT2D eigenvalue weighted by Gasteiger charge is 2.09. The van der Waals surface area contributed by atoms with Crippen LogP contribution in [0.25, 0.3) is 16.6 Å². The minimum atomic E-state index is -0.272. The van der Waals surface area contributed by atoms with Crippen LogP contribution in [0.3, 0.4) is 0 Å². The van der Waals surface area contributed by atoms with Crippen molar-refractivity contribution in [2.45, 2.75) is 13.8 Å². The summed E-state index contributed by atoms with van der Waals surface area (Å²) in [6.07, 6.45) is 3.41. The van der Waals surface area contributed by atoms with Crippen molar-refractivity contribution in [1.82, 2.24) is 9.55 Å². The van der Waals surface area contributed by atoms with Crippen molar-refractivity contribution in [3.05, 3.63) is 48.2 Å². The number of benzene rings is 1. The van der Waals surface area contributed by atoms with Crippen LogP contribution in [0, 0.1) is 5.82 Å². The number of aromatic nitrogens is 2. The molecule has 2 aromatic rings. The normalized spacial score (nSPS) is 11.2. The molecular weight excluding hydrogens is 241 g/mol. The molecule has 0 fully saturated rings. The molecule has 0 bridgehead atoms. The molecule has 3 nitrogen and oxygen atoms in total. The Labute approximate surface area is 111 Å². The summed E-state index contributed by atoms with van der Waals surface area (Å²) in [5.41, 5.74) is 3.29. The molecule has 0 amide bonds. The minimum absolute atomic E-state index is 0.272. The van der Waals surface area contributed by atoms with Gasteiger partial charge in [0.1, 0.15) is 11.6 Å². The predicted molar refractivity (Wildman–Crippen MR) is 77.6 cm³/mol. The van der Waals surface area contributed by atoms with Gasteiger partial charge in [0.2, 0.25) is 0 Å². The molecule has 98 valence electrons. The van der Waals surface area contributed by atoms with Gasteiger partial charge in [-0.1, -0.05) is 12.2 Å².